The first-order valence-electron chi connectivity index (χ1n) is 31.5. The molecule has 0 amide bonds. The van der Waals surface area contributed by atoms with E-state index in [0.717, 1.165) is 66.7 Å². The van der Waals surface area contributed by atoms with Gasteiger partial charge in [0.2, 0.25) is 0 Å². The molecule has 6 heterocycles. The number of piperazine rings is 2. The lowest BCUT2D eigenvalue weighted by atomic mass is 10.1. The van der Waals surface area contributed by atoms with Gasteiger partial charge >= 0.3 is 0 Å². The summed E-state index contributed by atoms with van der Waals surface area (Å²) in [5.74, 6) is 4.85. The predicted molar refractivity (Wildman–Crippen MR) is 363 cm³/mol. The number of benzene rings is 4. The summed E-state index contributed by atoms with van der Waals surface area (Å²) in [6.07, 6.45) is 7.78. The summed E-state index contributed by atoms with van der Waals surface area (Å²) in [6.45, 7) is 10.4. The summed E-state index contributed by atoms with van der Waals surface area (Å²) < 4.78 is 108. The van der Waals surface area contributed by atoms with E-state index in [2.05, 4.69) is 36.6 Å². The van der Waals surface area contributed by atoms with Gasteiger partial charge in [0.25, 0.3) is 19.4 Å². The van der Waals surface area contributed by atoms with Crippen LogP contribution in [0, 0.1) is 22.7 Å². The van der Waals surface area contributed by atoms with Crippen molar-refractivity contribution in [3.8, 4) is 69.2 Å². The zero-order chi connectivity index (χ0) is 67.4. The van der Waals surface area contributed by atoms with Crippen molar-refractivity contribution < 1.29 is 64.2 Å². The summed E-state index contributed by atoms with van der Waals surface area (Å²) >= 11 is 0. The van der Waals surface area contributed by atoms with Gasteiger partial charge in [-0.25, -0.2) is 19.9 Å². The molecule has 3 N–H and O–H groups in total. The van der Waals surface area contributed by atoms with Gasteiger partial charge in [0, 0.05) is 138 Å². The highest BCUT2D eigenvalue weighted by molar-refractivity contribution is 8.11. The third kappa shape index (κ3) is 24.0. The molecule has 4 aromatic carbocycles. The fourth-order valence-electron chi connectivity index (χ4n) is 10.3. The number of nitriles is 2. The monoisotopic (exact) mass is 1380 g/mol. The second-order valence-electron chi connectivity index (χ2n) is 22.5. The number of nitrogens with one attached hydrogen (secondary N) is 1. The van der Waals surface area contributed by atoms with Crippen molar-refractivity contribution in [2.24, 2.45) is 5.73 Å². The SMILES string of the molecule is C.CN1CCN(S(=O)(=O)Cl)CC1.COc1cc(Cc2nccc(-c3ccc(OC4CCOCC4)c(C#N)c3)n2)ccc1OCCOCCN.COc1cc(Cc2nccc(-c3ccc(OC4CCOCC4)c(C#N)c3)n2)ccc1OCCOCCNS(=O)(=O)N1CCN(C)CC1. The molecule has 4 aliphatic heterocycles. The number of halogens is 1. The van der Waals surface area contributed by atoms with Crippen LogP contribution in [0.4, 0.5) is 0 Å². The molecule has 0 saturated carbocycles. The average molecular weight is 1390 g/mol. The first-order chi connectivity index (χ1) is 46.0. The molecule has 10 rings (SSSR count). The van der Waals surface area contributed by atoms with E-state index in [4.69, 9.17) is 73.8 Å². The van der Waals surface area contributed by atoms with Crippen molar-refractivity contribution in [2.75, 3.05) is 160 Å². The lowest BCUT2D eigenvalue weighted by Gasteiger charge is -2.31. The number of hydrogen-bond acceptors (Lipinski definition) is 23. The van der Waals surface area contributed by atoms with Crippen LogP contribution < -0.4 is 38.9 Å². The minimum Gasteiger partial charge on any atom is -0.493 e. The van der Waals surface area contributed by atoms with Crippen LogP contribution in [0.5, 0.6) is 34.5 Å². The van der Waals surface area contributed by atoms with E-state index in [-0.39, 0.29) is 46.0 Å². The maximum Gasteiger partial charge on any atom is 0.299 e. The molecule has 0 radical (unpaired) electrons. The van der Waals surface area contributed by atoms with Gasteiger partial charge in [0.1, 0.15) is 60.7 Å². The first kappa shape index (κ1) is 76.0. The number of likely N-dealkylation sites (N-methyl/N-ethyl adjacent to an activating group) is 2. The molecule has 2 aromatic heterocycles. The zero-order valence-corrected chi connectivity index (χ0v) is 56.6. The third-order valence-corrected chi connectivity index (χ3v) is 18.8. The number of nitrogens with zero attached hydrogens (tertiary/aromatic N) is 10. The number of nitrogens with two attached hydrogens (primary N) is 1. The highest BCUT2D eigenvalue weighted by Crippen LogP contribution is 2.33. The Morgan fingerprint density at radius 2 is 0.990 bits per heavy atom. The molecule has 4 aliphatic rings. The van der Waals surface area contributed by atoms with E-state index < -0.39 is 19.4 Å². The fraction of sp³-hybridized carbons (Fsp3) is 0.493. The van der Waals surface area contributed by atoms with Gasteiger partial charge in [-0.2, -0.15) is 40.7 Å². The minimum atomic E-state index is -3.50. The molecule has 0 atom stereocenters. The highest BCUT2D eigenvalue weighted by atomic mass is 35.7. The molecular weight excluding hydrogens is 1300 g/mol. The molecule has 6 aromatic rings. The second-order valence-corrected chi connectivity index (χ2v) is 26.8. The lowest BCUT2D eigenvalue weighted by molar-refractivity contribution is 0.0252. The topological polar surface area (TPSA) is 311 Å². The van der Waals surface area contributed by atoms with Crippen LogP contribution in [0.15, 0.2) is 97.3 Å². The Morgan fingerprint density at radius 3 is 1.41 bits per heavy atom. The van der Waals surface area contributed by atoms with Gasteiger partial charge in [-0.1, -0.05) is 19.6 Å². The maximum absolute atomic E-state index is 12.4. The summed E-state index contributed by atoms with van der Waals surface area (Å²) in [5, 5.41) is 19.5. The summed E-state index contributed by atoms with van der Waals surface area (Å²) in [5.41, 5.74) is 11.4. The quantitative estimate of drug-likeness (QED) is 0.0389. The van der Waals surface area contributed by atoms with Crippen molar-refractivity contribution in [1.82, 2.24) is 43.1 Å². The summed E-state index contributed by atoms with van der Waals surface area (Å²) in [7, 11) is 5.29. The Labute approximate surface area is 569 Å². The van der Waals surface area contributed by atoms with Crippen LogP contribution in [0.3, 0.4) is 0 Å². The maximum atomic E-state index is 12.4. The average Bonchev–Trinajstić information content (AvgIpc) is 1.26. The van der Waals surface area contributed by atoms with Crippen LogP contribution in [0.2, 0.25) is 0 Å². The van der Waals surface area contributed by atoms with Gasteiger partial charge in [-0.05, 0) is 98.0 Å². The predicted octanol–water partition coefficient (Wildman–Crippen LogP) is 6.53. The Kier molecular flexibility index (Phi) is 31.0. The van der Waals surface area contributed by atoms with Gasteiger partial charge in [-0.15, -0.1) is 0 Å². The Bertz CT molecular complexity index is 3710. The number of rotatable bonds is 28. The largest absolute Gasteiger partial charge is 0.493 e. The molecule has 0 unspecified atom stereocenters. The number of methoxy groups -OCH3 is 2. The molecule has 0 spiro atoms. The Morgan fingerprint density at radius 1 is 0.562 bits per heavy atom. The van der Waals surface area contributed by atoms with Crippen molar-refractivity contribution in [3.05, 3.63) is 131 Å². The van der Waals surface area contributed by atoms with Crippen LogP contribution in [-0.2, 0) is 51.2 Å². The number of ether oxygens (including phenoxy) is 10. The highest BCUT2D eigenvalue weighted by Gasteiger charge is 2.26. The summed E-state index contributed by atoms with van der Waals surface area (Å²) in [4.78, 5) is 22.6. The molecule has 0 aliphatic carbocycles. The van der Waals surface area contributed by atoms with E-state index in [1.54, 1.807) is 32.7 Å². The molecule has 96 heavy (non-hydrogen) atoms. The number of hydrogen-bond donors (Lipinski definition) is 2. The third-order valence-electron chi connectivity index (χ3n) is 15.6. The lowest BCUT2D eigenvalue weighted by Crippen LogP contribution is -2.51. The van der Waals surface area contributed by atoms with Crippen molar-refractivity contribution in [2.45, 2.75) is 58.2 Å². The molecule has 4 saturated heterocycles. The second kappa shape index (κ2) is 39.1. The van der Waals surface area contributed by atoms with Gasteiger partial charge in [-0.3, -0.25) is 0 Å². The van der Waals surface area contributed by atoms with E-state index in [9.17, 15) is 27.4 Å². The van der Waals surface area contributed by atoms with Gasteiger partial charge in [0.05, 0.1) is 89.6 Å². The van der Waals surface area contributed by atoms with E-state index in [0.29, 0.717) is 168 Å². The standard InChI is InChI=1S/C33H42N6O7S.C28H32N4O5.C5H11ClN2O2S.CH4/c1-38-12-14-39(15-13-38)47(40,41)36-11-18-44-19-20-45-31-5-3-25(21-32(31)42-2)22-33-35-10-7-29(37-33)26-4-6-30(27(23-26)24-34)46-28-8-16-43-17-9-28;1-33-27-16-20(2-4-26(27)36-15-14-35-13-9-29)17-28-31-10-6-24(32-28)21-3-5-25(22(18-21)19-30)37-23-7-11-34-12-8-23;1-7-2-4-8(5-3-7)11(6,9)10;/h3-7,10,21,23,28,36H,8-9,11-20,22H2,1-2H3;2-6,10,16,18,23H,7-9,11-15,17,29H2,1H3;2-5H2,1H3;1H4. The van der Waals surface area contributed by atoms with E-state index in [1.807, 2.05) is 93.0 Å². The van der Waals surface area contributed by atoms with Crippen molar-refractivity contribution in [3.63, 3.8) is 0 Å². The first-order valence-corrected chi connectivity index (χ1v) is 35.2. The van der Waals surface area contributed by atoms with Crippen molar-refractivity contribution in [1.29, 1.82) is 10.5 Å². The van der Waals surface area contributed by atoms with Crippen LogP contribution >= 0.6 is 10.7 Å². The molecule has 29 heteroatoms. The Balaban J connectivity index is 0.000000236. The molecule has 26 nitrogen and oxygen atoms in total. The van der Waals surface area contributed by atoms with E-state index in [1.165, 1.54) is 8.61 Å². The normalized spacial score (nSPS) is 16.0. The molecule has 0 bridgehead atoms. The van der Waals surface area contributed by atoms with Crippen LogP contribution in [0.25, 0.3) is 22.5 Å². The zero-order valence-electron chi connectivity index (χ0n) is 54.2. The summed E-state index contributed by atoms with van der Waals surface area (Å²) in [6, 6.07) is 30.7. The van der Waals surface area contributed by atoms with Crippen LogP contribution in [0.1, 0.15) is 67.0 Å². The van der Waals surface area contributed by atoms with Gasteiger partial charge in [0.15, 0.2) is 23.0 Å². The Hall–Kier alpha value is -7.39. The molecule has 4 fully saturated rings. The molecule has 520 valence electrons. The van der Waals surface area contributed by atoms with E-state index >= 15 is 0 Å². The number of aromatic nitrogens is 4. The molecular formula is C67H89ClN12O14S2. The fourth-order valence-corrected chi connectivity index (χ4v) is 12.5. The van der Waals surface area contributed by atoms with Crippen molar-refractivity contribution >= 4 is 30.1 Å². The van der Waals surface area contributed by atoms with Crippen LogP contribution in [-0.4, -0.2) is 227 Å². The smallest absolute Gasteiger partial charge is 0.299 e. The minimum absolute atomic E-state index is 0. The van der Waals surface area contributed by atoms with Gasteiger partial charge < -0.3 is 62.9 Å².